The minimum atomic E-state index is -0.340. The van der Waals surface area contributed by atoms with Crippen molar-refractivity contribution in [1.82, 2.24) is 9.97 Å². The number of nitrogens with one attached hydrogen (secondary N) is 1. The van der Waals surface area contributed by atoms with Gasteiger partial charge < -0.3 is 4.98 Å². The molecule has 1 aromatic rings. The maximum Gasteiger partial charge on any atom is 0.248 e. The first-order valence-corrected chi connectivity index (χ1v) is 4.07. The average molecular weight is 179 g/mol. The normalized spacial score (nSPS) is 15.0. The zero-order valence-corrected chi connectivity index (χ0v) is 7.20. The monoisotopic (exact) mass is 179 g/mol. The number of imidazole rings is 1. The van der Waals surface area contributed by atoms with Crippen molar-refractivity contribution in [2.45, 2.75) is 19.8 Å². The number of hydrogen-bond donors (Lipinski definition) is 1. The molecule has 0 radical (unpaired) electrons. The lowest BCUT2D eigenvalue weighted by Crippen LogP contribution is -2.05. The first-order chi connectivity index (χ1) is 6.16. The van der Waals surface area contributed by atoms with Gasteiger partial charge >= 0.3 is 0 Å². The average Bonchev–Trinajstić information content (AvgIpc) is 2.42. The molecule has 68 valence electrons. The van der Waals surface area contributed by atoms with E-state index in [1.54, 1.807) is 6.08 Å². The molecule has 1 aliphatic rings. The molecular weight excluding hydrogens is 170 g/mol. The number of nitrogens with zero attached hydrogens (tertiary/aromatic N) is 2. The van der Waals surface area contributed by atoms with Crippen LogP contribution in [0.15, 0.2) is 5.70 Å². The van der Waals surface area contributed by atoms with Crippen molar-refractivity contribution in [3.05, 3.63) is 33.0 Å². The summed E-state index contributed by atoms with van der Waals surface area (Å²) in [5, 5.41) is 10.5. The van der Waals surface area contributed by atoms with Crippen molar-refractivity contribution < 1.29 is 4.92 Å². The Labute approximate surface area is 74.6 Å². The number of allylic oxidation sites excluding steroid dienone is 1. The SMILES string of the molecule is Cc1nc2c([nH]1)CCC([N+](=O)[O-])=C2. The molecule has 0 aromatic carbocycles. The summed E-state index contributed by atoms with van der Waals surface area (Å²) in [5.74, 6) is 0.811. The summed E-state index contributed by atoms with van der Waals surface area (Å²) < 4.78 is 0. The van der Waals surface area contributed by atoms with Crippen molar-refractivity contribution in [3.8, 4) is 0 Å². The first-order valence-electron chi connectivity index (χ1n) is 4.07. The van der Waals surface area contributed by atoms with E-state index in [0.29, 0.717) is 12.8 Å². The molecule has 0 saturated heterocycles. The standard InChI is InChI=1S/C8H9N3O2/c1-5-9-7-3-2-6(11(12)13)4-8(7)10-5/h4H,2-3H2,1H3,(H,9,10). The van der Waals surface area contributed by atoms with E-state index in [1.807, 2.05) is 6.92 Å². The summed E-state index contributed by atoms with van der Waals surface area (Å²) in [4.78, 5) is 17.4. The van der Waals surface area contributed by atoms with Crippen LogP contribution in [-0.4, -0.2) is 14.9 Å². The molecule has 1 heterocycles. The second-order valence-electron chi connectivity index (χ2n) is 3.08. The number of nitro groups is 1. The number of aryl methyl sites for hydroxylation is 2. The number of fused-ring (bicyclic) bond motifs is 1. The highest BCUT2D eigenvalue weighted by molar-refractivity contribution is 5.52. The van der Waals surface area contributed by atoms with Gasteiger partial charge in [-0.2, -0.15) is 0 Å². The van der Waals surface area contributed by atoms with Gasteiger partial charge in [-0.25, -0.2) is 4.98 Å². The van der Waals surface area contributed by atoms with Gasteiger partial charge in [-0.05, 0) is 13.3 Å². The fraction of sp³-hybridized carbons (Fsp3) is 0.375. The van der Waals surface area contributed by atoms with Gasteiger partial charge in [0.25, 0.3) is 0 Å². The molecule has 0 aliphatic heterocycles. The highest BCUT2D eigenvalue weighted by atomic mass is 16.6. The lowest BCUT2D eigenvalue weighted by Gasteiger charge is -2.04. The maximum absolute atomic E-state index is 10.5. The summed E-state index contributed by atoms with van der Waals surface area (Å²) in [6.45, 7) is 1.85. The number of rotatable bonds is 1. The predicted molar refractivity (Wildman–Crippen MR) is 46.6 cm³/mol. The zero-order valence-electron chi connectivity index (χ0n) is 7.20. The van der Waals surface area contributed by atoms with E-state index in [2.05, 4.69) is 9.97 Å². The van der Waals surface area contributed by atoms with E-state index in [9.17, 15) is 10.1 Å². The fourth-order valence-corrected chi connectivity index (χ4v) is 1.50. The van der Waals surface area contributed by atoms with Gasteiger partial charge in [0.1, 0.15) is 5.82 Å². The van der Waals surface area contributed by atoms with Gasteiger partial charge in [-0.3, -0.25) is 10.1 Å². The van der Waals surface area contributed by atoms with E-state index in [-0.39, 0.29) is 10.6 Å². The Morgan fingerprint density at radius 2 is 2.38 bits per heavy atom. The van der Waals surface area contributed by atoms with Crippen molar-refractivity contribution >= 4 is 6.08 Å². The van der Waals surface area contributed by atoms with Gasteiger partial charge in [-0.1, -0.05) is 0 Å². The molecule has 0 spiro atoms. The van der Waals surface area contributed by atoms with Gasteiger partial charge in [0, 0.05) is 18.2 Å². The number of aromatic amines is 1. The molecule has 2 rings (SSSR count). The van der Waals surface area contributed by atoms with Crippen LogP contribution >= 0.6 is 0 Å². The molecular formula is C8H9N3O2. The van der Waals surface area contributed by atoms with Gasteiger partial charge in [0.2, 0.25) is 5.70 Å². The van der Waals surface area contributed by atoms with Crippen LogP contribution in [0.2, 0.25) is 0 Å². The number of hydrogen-bond acceptors (Lipinski definition) is 3. The van der Waals surface area contributed by atoms with E-state index in [0.717, 1.165) is 17.2 Å². The van der Waals surface area contributed by atoms with E-state index < -0.39 is 0 Å². The first kappa shape index (κ1) is 7.97. The fourth-order valence-electron chi connectivity index (χ4n) is 1.50. The second-order valence-corrected chi connectivity index (χ2v) is 3.08. The molecule has 0 saturated carbocycles. The highest BCUT2D eigenvalue weighted by Crippen LogP contribution is 2.21. The Bertz CT molecular complexity index is 392. The van der Waals surface area contributed by atoms with Crippen LogP contribution in [0.3, 0.4) is 0 Å². The minimum absolute atomic E-state index is 0.249. The van der Waals surface area contributed by atoms with Crippen LogP contribution in [0.25, 0.3) is 6.08 Å². The molecule has 5 nitrogen and oxygen atoms in total. The highest BCUT2D eigenvalue weighted by Gasteiger charge is 2.20. The summed E-state index contributed by atoms with van der Waals surface area (Å²) in [7, 11) is 0. The van der Waals surface area contributed by atoms with Gasteiger partial charge in [0.15, 0.2) is 0 Å². The Hall–Kier alpha value is -1.65. The maximum atomic E-state index is 10.5. The molecule has 0 fully saturated rings. The lowest BCUT2D eigenvalue weighted by atomic mass is 10.1. The Kier molecular flexibility index (Phi) is 1.65. The number of H-pyrrole nitrogens is 1. The molecule has 1 aliphatic carbocycles. The van der Waals surface area contributed by atoms with Crippen molar-refractivity contribution in [2.24, 2.45) is 0 Å². The van der Waals surface area contributed by atoms with Crippen molar-refractivity contribution in [2.75, 3.05) is 0 Å². The minimum Gasteiger partial charge on any atom is -0.346 e. The van der Waals surface area contributed by atoms with Crippen LogP contribution in [-0.2, 0) is 6.42 Å². The van der Waals surface area contributed by atoms with Crippen LogP contribution in [0, 0.1) is 17.0 Å². The van der Waals surface area contributed by atoms with E-state index >= 15 is 0 Å². The molecule has 5 heteroatoms. The second kappa shape index (κ2) is 2.69. The Morgan fingerprint density at radius 1 is 1.62 bits per heavy atom. The van der Waals surface area contributed by atoms with E-state index in [1.165, 1.54) is 0 Å². The molecule has 13 heavy (non-hydrogen) atoms. The Morgan fingerprint density at radius 3 is 3.08 bits per heavy atom. The third kappa shape index (κ3) is 1.32. The molecule has 0 unspecified atom stereocenters. The molecule has 1 aromatic heterocycles. The van der Waals surface area contributed by atoms with E-state index in [4.69, 9.17) is 0 Å². The van der Waals surface area contributed by atoms with Gasteiger partial charge in [-0.15, -0.1) is 0 Å². The quantitative estimate of drug-likeness (QED) is 0.521. The topological polar surface area (TPSA) is 71.8 Å². The van der Waals surface area contributed by atoms with Crippen molar-refractivity contribution in [1.29, 1.82) is 0 Å². The summed E-state index contributed by atoms with van der Waals surface area (Å²) >= 11 is 0. The number of aromatic nitrogens is 2. The summed E-state index contributed by atoms with van der Waals surface area (Å²) in [6, 6.07) is 0. The molecule has 0 atom stereocenters. The predicted octanol–water partition coefficient (Wildman–Crippen LogP) is 1.28. The third-order valence-corrected chi connectivity index (χ3v) is 2.10. The largest absolute Gasteiger partial charge is 0.346 e. The summed E-state index contributed by atoms with van der Waals surface area (Å²) in [6.07, 6.45) is 2.72. The molecule has 0 amide bonds. The van der Waals surface area contributed by atoms with Crippen LogP contribution in [0.4, 0.5) is 0 Å². The molecule has 0 bridgehead atoms. The van der Waals surface area contributed by atoms with Gasteiger partial charge in [0.05, 0.1) is 10.6 Å². The third-order valence-electron chi connectivity index (χ3n) is 2.10. The zero-order chi connectivity index (χ0) is 9.42. The molecule has 1 N–H and O–H groups in total. The summed E-state index contributed by atoms with van der Waals surface area (Å²) in [5.41, 5.74) is 1.97. The Balaban J connectivity index is 2.43. The lowest BCUT2D eigenvalue weighted by molar-refractivity contribution is -0.426. The van der Waals surface area contributed by atoms with Crippen LogP contribution < -0.4 is 0 Å². The smallest absolute Gasteiger partial charge is 0.248 e. The van der Waals surface area contributed by atoms with Crippen LogP contribution in [0.1, 0.15) is 23.6 Å². The van der Waals surface area contributed by atoms with Crippen LogP contribution in [0.5, 0.6) is 0 Å². The van der Waals surface area contributed by atoms with Crippen molar-refractivity contribution in [3.63, 3.8) is 0 Å².